The van der Waals surface area contributed by atoms with Crippen LogP contribution in [0.4, 0.5) is 10.1 Å². The van der Waals surface area contributed by atoms with Crippen molar-refractivity contribution in [3.05, 3.63) is 98.2 Å². The number of hydrogen-bond donors (Lipinski definition) is 5. The van der Waals surface area contributed by atoms with Crippen molar-refractivity contribution in [3.8, 4) is 11.3 Å². The van der Waals surface area contributed by atoms with Gasteiger partial charge in [-0.15, -0.1) is 0 Å². The molecule has 3 aromatic rings. The lowest BCUT2D eigenvalue weighted by atomic mass is 9.94. The van der Waals surface area contributed by atoms with Gasteiger partial charge < -0.3 is 22.2 Å². The second-order valence-corrected chi connectivity index (χ2v) is 10.5. The van der Waals surface area contributed by atoms with Crippen molar-refractivity contribution in [3.63, 3.8) is 0 Å². The van der Waals surface area contributed by atoms with Crippen molar-refractivity contribution >= 4 is 46.7 Å². The monoisotopic (exact) mass is 598 g/mol. The molecule has 1 aliphatic rings. The number of amides is 1. The first kappa shape index (κ1) is 29.8. The number of allylic oxidation sites excluding steroid dienone is 1. The second-order valence-electron chi connectivity index (χ2n) is 9.63. The van der Waals surface area contributed by atoms with E-state index < -0.39 is 17.4 Å². The summed E-state index contributed by atoms with van der Waals surface area (Å²) in [7, 11) is 0. The minimum absolute atomic E-state index is 0.00763. The number of anilines is 1. The lowest BCUT2D eigenvalue weighted by molar-refractivity contribution is -0.123. The van der Waals surface area contributed by atoms with Crippen LogP contribution in [-0.4, -0.2) is 21.7 Å². The Morgan fingerprint density at radius 2 is 2.00 bits per heavy atom. The molecular weight excluding hydrogens is 570 g/mol. The molecule has 0 fully saturated rings. The summed E-state index contributed by atoms with van der Waals surface area (Å²) in [6, 6.07) is 10.7. The zero-order chi connectivity index (χ0) is 29.8. The number of benzene rings is 2. The number of hydrogen-bond acceptors (Lipinski definition) is 8. The van der Waals surface area contributed by atoms with Gasteiger partial charge in [0.2, 0.25) is 5.91 Å². The van der Waals surface area contributed by atoms with E-state index in [1.165, 1.54) is 35.3 Å². The van der Waals surface area contributed by atoms with E-state index in [0.717, 1.165) is 16.8 Å². The molecule has 214 valence electrons. The summed E-state index contributed by atoms with van der Waals surface area (Å²) >= 11 is 11.8. The molecule has 0 aliphatic carbocycles. The molecule has 1 aromatic heterocycles. The van der Waals surface area contributed by atoms with Gasteiger partial charge in [-0.3, -0.25) is 19.2 Å². The molecule has 41 heavy (non-hydrogen) atoms. The van der Waals surface area contributed by atoms with Crippen molar-refractivity contribution in [2.45, 2.75) is 32.2 Å². The first-order valence-electron chi connectivity index (χ1n) is 12.7. The summed E-state index contributed by atoms with van der Waals surface area (Å²) in [6.45, 7) is 1.79. The van der Waals surface area contributed by atoms with Crippen molar-refractivity contribution in [2.24, 2.45) is 23.2 Å². The van der Waals surface area contributed by atoms with Gasteiger partial charge in [0.05, 0.1) is 51.9 Å². The van der Waals surface area contributed by atoms with Crippen LogP contribution in [0.1, 0.15) is 43.4 Å². The molecule has 13 heteroatoms. The Hall–Kier alpha value is -4.19. The molecule has 1 amide bonds. The Morgan fingerprint density at radius 1 is 1.24 bits per heavy atom. The zero-order valence-electron chi connectivity index (χ0n) is 22.1. The van der Waals surface area contributed by atoms with E-state index >= 15 is 4.39 Å². The smallest absolute Gasteiger partial charge is 0.254 e. The van der Waals surface area contributed by atoms with Crippen LogP contribution in [-0.2, 0) is 4.79 Å². The zero-order valence-corrected chi connectivity index (χ0v) is 23.6. The molecule has 0 radical (unpaired) electrons. The maximum Gasteiger partial charge on any atom is 0.254 e. The lowest BCUT2D eigenvalue weighted by Gasteiger charge is -2.24. The molecular formula is C28H29Cl2FN8O2. The number of carbonyl (C=O) groups excluding carboxylic acids is 1. The minimum Gasteiger partial charge on any atom is -0.397 e. The SMILES string of the molecule is CC1CCCC(n2cnc(-c3c(N(N)/C=C(\N)Cl)ccc(Cl)c3F)cc2=O)c2cccc(c2)/C(N)=C(/C=N)NC1=O. The van der Waals surface area contributed by atoms with Crippen LogP contribution in [0.15, 0.2) is 70.6 Å². The Bertz CT molecular complexity index is 1620. The van der Waals surface area contributed by atoms with Crippen molar-refractivity contribution in [1.29, 1.82) is 5.41 Å². The van der Waals surface area contributed by atoms with Crippen LogP contribution < -0.4 is 33.2 Å². The number of nitrogens with one attached hydrogen (secondary N) is 2. The second kappa shape index (κ2) is 12.5. The number of nitrogens with zero attached hydrogens (tertiary/aromatic N) is 3. The predicted octanol–water partition coefficient (Wildman–Crippen LogP) is 4.18. The van der Waals surface area contributed by atoms with Gasteiger partial charge in [-0.05, 0) is 42.2 Å². The molecule has 0 saturated heterocycles. The van der Waals surface area contributed by atoms with Crippen molar-refractivity contribution in [1.82, 2.24) is 14.9 Å². The molecule has 4 rings (SSSR count). The van der Waals surface area contributed by atoms with E-state index in [1.807, 2.05) is 12.1 Å². The van der Waals surface area contributed by atoms with Gasteiger partial charge in [-0.25, -0.2) is 15.2 Å². The lowest BCUT2D eigenvalue weighted by Crippen LogP contribution is -2.31. The van der Waals surface area contributed by atoms with E-state index in [9.17, 15) is 9.59 Å². The summed E-state index contributed by atoms with van der Waals surface area (Å²) in [6.07, 6.45) is 5.18. The molecule has 2 bridgehead atoms. The molecule has 1 aliphatic heterocycles. The normalized spacial score (nSPS) is 20.0. The summed E-state index contributed by atoms with van der Waals surface area (Å²) in [5.74, 6) is 4.60. The molecule has 2 atom stereocenters. The topological polar surface area (TPSA) is 169 Å². The molecule has 10 nitrogen and oxygen atoms in total. The van der Waals surface area contributed by atoms with Gasteiger partial charge in [-0.1, -0.05) is 54.7 Å². The third-order valence-electron chi connectivity index (χ3n) is 6.88. The highest BCUT2D eigenvalue weighted by Crippen LogP contribution is 2.35. The first-order valence-corrected chi connectivity index (χ1v) is 13.4. The van der Waals surface area contributed by atoms with Gasteiger partial charge in [0.25, 0.3) is 5.56 Å². The fourth-order valence-corrected chi connectivity index (χ4v) is 4.97. The van der Waals surface area contributed by atoms with Crippen molar-refractivity contribution in [2.75, 3.05) is 5.01 Å². The Labute approximate surface area is 245 Å². The predicted molar refractivity (Wildman–Crippen MR) is 159 cm³/mol. The highest BCUT2D eigenvalue weighted by atomic mass is 35.5. The van der Waals surface area contributed by atoms with E-state index in [-0.39, 0.29) is 50.3 Å². The molecule has 0 saturated carbocycles. The number of hydrazine groups is 1. The number of carbonyl (C=O) groups is 1. The van der Waals surface area contributed by atoms with Gasteiger partial charge >= 0.3 is 0 Å². The highest BCUT2D eigenvalue weighted by Gasteiger charge is 2.23. The average molecular weight is 599 g/mol. The van der Waals surface area contributed by atoms with Gasteiger partial charge in [-0.2, -0.15) is 0 Å². The number of aromatic nitrogens is 2. The van der Waals surface area contributed by atoms with Crippen LogP contribution in [0.2, 0.25) is 5.02 Å². The fourth-order valence-electron chi connectivity index (χ4n) is 4.70. The van der Waals surface area contributed by atoms with Gasteiger partial charge in [0.15, 0.2) is 5.82 Å². The molecule has 2 unspecified atom stereocenters. The van der Waals surface area contributed by atoms with Crippen LogP contribution in [0, 0.1) is 17.1 Å². The standard InChI is InChI=1S/C28H29Cl2FN8O2/c1-15-4-2-7-21(16-5-3-6-17(10-16)27(34)20(12-32)37-28(15)41)38-14-36-19(11-24(38)40)25-22(39(35)13-23(30)33)9-8-18(29)26(25)31/h3,5-6,8-15,21,32H,2,4,7,33-35H2,1H3,(H,37,41)/b23-13-,27-20+,32-12?. The first-order chi connectivity index (χ1) is 19.5. The third kappa shape index (κ3) is 6.43. The van der Waals surface area contributed by atoms with E-state index in [0.29, 0.717) is 24.8 Å². The number of nitrogens with two attached hydrogens (primary N) is 3. The number of halogens is 3. The maximum absolute atomic E-state index is 15.3. The summed E-state index contributed by atoms with van der Waals surface area (Å²) in [4.78, 5) is 30.7. The Morgan fingerprint density at radius 3 is 2.68 bits per heavy atom. The van der Waals surface area contributed by atoms with E-state index in [1.54, 1.807) is 19.1 Å². The van der Waals surface area contributed by atoms with Crippen LogP contribution >= 0.6 is 23.2 Å². The van der Waals surface area contributed by atoms with Crippen LogP contribution in [0.25, 0.3) is 17.0 Å². The number of fused-ring (bicyclic) bond motifs is 2. The Kier molecular flexibility index (Phi) is 9.11. The van der Waals surface area contributed by atoms with Gasteiger partial charge in [0, 0.05) is 18.2 Å². The average Bonchev–Trinajstić information content (AvgIpc) is 2.94. The quantitative estimate of drug-likeness (QED) is 0.127. The minimum atomic E-state index is -0.818. The van der Waals surface area contributed by atoms with Crippen molar-refractivity contribution < 1.29 is 9.18 Å². The summed E-state index contributed by atoms with van der Waals surface area (Å²) < 4.78 is 16.7. The third-order valence-corrected chi connectivity index (χ3v) is 7.27. The largest absolute Gasteiger partial charge is 0.397 e. The van der Waals surface area contributed by atoms with Gasteiger partial charge in [0.1, 0.15) is 5.16 Å². The Balaban J connectivity index is 1.83. The van der Waals surface area contributed by atoms with E-state index in [2.05, 4.69) is 10.3 Å². The fraction of sp³-hybridized carbons (Fsp3) is 0.214. The summed E-state index contributed by atoms with van der Waals surface area (Å²) in [5, 5.41) is 11.2. The summed E-state index contributed by atoms with van der Waals surface area (Å²) in [5.41, 5.74) is 13.2. The molecule has 0 spiro atoms. The van der Waals surface area contributed by atoms with Crippen LogP contribution in [0.5, 0.6) is 0 Å². The molecule has 2 aromatic carbocycles. The highest BCUT2D eigenvalue weighted by molar-refractivity contribution is 6.31. The molecule has 2 heterocycles. The van der Waals surface area contributed by atoms with Crippen LogP contribution in [0.3, 0.4) is 0 Å². The molecule has 8 N–H and O–H groups in total. The van der Waals surface area contributed by atoms with E-state index in [4.69, 9.17) is 45.9 Å². The number of rotatable bonds is 5. The maximum atomic E-state index is 15.3.